The molecule has 2 aromatic carbocycles. The number of rotatable bonds is 5. The lowest BCUT2D eigenvalue weighted by molar-refractivity contribution is -0.136. The van der Waals surface area contributed by atoms with Gasteiger partial charge in [0.2, 0.25) is 5.91 Å². The largest absolute Gasteiger partial charge is 0.418 e. The average molecular weight is 419 g/mol. The Hall–Kier alpha value is -2.26. The van der Waals surface area contributed by atoms with Gasteiger partial charge in [-0.25, -0.2) is 8.42 Å². The van der Waals surface area contributed by atoms with Crippen molar-refractivity contribution in [2.45, 2.75) is 23.9 Å². The van der Waals surface area contributed by atoms with Crippen LogP contribution in [0.15, 0.2) is 47.4 Å². The van der Waals surface area contributed by atoms with Crippen LogP contribution in [0, 0.1) is 5.92 Å². The zero-order chi connectivity index (χ0) is 19.8. The quantitative estimate of drug-likeness (QED) is 0.750. The van der Waals surface area contributed by atoms with Crippen molar-refractivity contribution in [3.63, 3.8) is 0 Å². The van der Waals surface area contributed by atoms with Gasteiger partial charge >= 0.3 is 6.18 Å². The number of benzene rings is 2. The minimum Gasteiger partial charge on any atom is -0.326 e. The van der Waals surface area contributed by atoms with Gasteiger partial charge in [-0.05, 0) is 43.2 Å². The third kappa shape index (κ3) is 4.54. The number of hydrogen-bond acceptors (Lipinski definition) is 3. The maximum Gasteiger partial charge on any atom is 0.418 e. The lowest BCUT2D eigenvalue weighted by Gasteiger charge is -2.17. The van der Waals surface area contributed by atoms with Crippen LogP contribution in [0.5, 0.6) is 0 Å². The Morgan fingerprint density at radius 1 is 1.11 bits per heavy atom. The molecule has 10 heteroatoms. The summed E-state index contributed by atoms with van der Waals surface area (Å²) in [6.07, 6.45) is -3.43. The molecule has 0 aromatic heterocycles. The molecule has 0 spiro atoms. The summed E-state index contributed by atoms with van der Waals surface area (Å²) in [6, 6.07) is 8.27. The Morgan fingerprint density at radius 2 is 1.78 bits per heavy atom. The van der Waals surface area contributed by atoms with Crippen LogP contribution >= 0.6 is 11.6 Å². The van der Waals surface area contributed by atoms with Crippen LogP contribution in [0.2, 0.25) is 5.02 Å². The van der Waals surface area contributed by atoms with E-state index in [9.17, 15) is 26.4 Å². The Bertz CT molecular complexity index is 989. The van der Waals surface area contributed by atoms with E-state index in [2.05, 4.69) is 5.32 Å². The van der Waals surface area contributed by atoms with E-state index < -0.39 is 27.5 Å². The van der Waals surface area contributed by atoms with Crippen LogP contribution in [0.25, 0.3) is 0 Å². The van der Waals surface area contributed by atoms with Gasteiger partial charge in [0, 0.05) is 11.6 Å². The highest BCUT2D eigenvalue weighted by Gasteiger charge is 2.36. The van der Waals surface area contributed by atoms with E-state index >= 15 is 0 Å². The molecule has 0 unspecified atom stereocenters. The zero-order valence-electron chi connectivity index (χ0n) is 13.7. The number of nitrogens with one attached hydrogen (secondary N) is 2. The minimum atomic E-state index is -4.83. The van der Waals surface area contributed by atoms with E-state index in [0.717, 1.165) is 6.07 Å². The molecule has 0 bridgehead atoms. The molecule has 27 heavy (non-hydrogen) atoms. The Labute approximate surface area is 158 Å². The highest BCUT2D eigenvalue weighted by Crippen LogP contribution is 2.38. The minimum absolute atomic E-state index is 0.0556. The van der Waals surface area contributed by atoms with E-state index in [1.165, 1.54) is 30.3 Å². The fraction of sp³-hybridized carbons (Fsp3) is 0.235. The molecule has 0 saturated heterocycles. The number of carbonyl (C=O) groups is 1. The van der Waals surface area contributed by atoms with Crippen molar-refractivity contribution in [2.75, 3.05) is 10.0 Å². The van der Waals surface area contributed by atoms with Gasteiger partial charge in [0.05, 0.1) is 16.3 Å². The van der Waals surface area contributed by atoms with E-state index in [-0.39, 0.29) is 27.4 Å². The van der Waals surface area contributed by atoms with Gasteiger partial charge in [-0.3, -0.25) is 9.52 Å². The molecule has 1 aliphatic rings. The Balaban J connectivity index is 1.94. The monoisotopic (exact) mass is 418 g/mol. The summed E-state index contributed by atoms with van der Waals surface area (Å²) in [6.45, 7) is 0. The van der Waals surface area contributed by atoms with Crippen LogP contribution in [0.1, 0.15) is 18.4 Å². The summed E-state index contributed by atoms with van der Waals surface area (Å²) in [5, 5.41) is 2.29. The molecule has 2 N–H and O–H groups in total. The molecular weight excluding hydrogens is 405 g/mol. The van der Waals surface area contributed by atoms with E-state index in [1.807, 2.05) is 4.72 Å². The topological polar surface area (TPSA) is 75.3 Å². The van der Waals surface area contributed by atoms with Crippen LogP contribution in [0.3, 0.4) is 0 Å². The van der Waals surface area contributed by atoms with Crippen molar-refractivity contribution in [3.8, 4) is 0 Å². The molecule has 1 fully saturated rings. The van der Waals surface area contributed by atoms with Gasteiger partial charge in [0.25, 0.3) is 10.0 Å². The van der Waals surface area contributed by atoms with Crippen molar-refractivity contribution < 1.29 is 26.4 Å². The first-order chi connectivity index (χ1) is 12.6. The van der Waals surface area contributed by atoms with Crippen LogP contribution < -0.4 is 10.0 Å². The maximum atomic E-state index is 13.4. The van der Waals surface area contributed by atoms with Crippen LogP contribution in [-0.2, 0) is 21.0 Å². The summed E-state index contributed by atoms with van der Waals surface area (Å²) < 4.78 is 67.0. The molecule has 144 valence electrons. The van der Waals surface area contributed by atoms with Gasteiger partial charge in [-0.15, -0.1) is 0 Å². The third-order valence-electron chi connectivity index (χ3n) is 3.91. The maximum absolute atomic E-state index is 13.4. The predicted molar refractivity (Wildman–Crippen MR) is 95.1 cm³/mol. The first kappa shape index (κ1) is 19.5. The summed E-state index contributed by atoms with van der Waals surface area (Å²) in [7, 11) is -4.34. The number of anilines is 2. The van der Waals surface area contributed by atoms with Gasteiger partial charge in [-0.1, -0.05) is 23.7 Å². The lowest BCUT2D eigenvalue weighted by atomic mass is 10.1. The fourth-order valence-electron chi connectivity index (χ4n) is 2.40. The second-order valence-corrected chi connectivity index (χ2v) is 8.12. The Kier molecular flexibility index (Phi) is 5.09. The first-order valence-corrected chi connectivity index (χ1v) is 9.73. The van der Waals surface area contributed by atoms with E-state index in [4.69, 9.17) is 11.6 Å². The third-order valence-corrected chi connectivity index (χ3v) is 5.78. The second kappa shape index (κ2) is 7.05. The zero-order valence-corrected chi connectivity index (χ0v) is 15.3. The Morgan fingerprint density at radius 3 is 2.37 bits per heavy atom. The number of halogens is 4. The molecule has 1 aliphatic carbocycles. The summed E-state index contributed by atoms with van der Waals surface area (Å²) in [5.41, 5.74) is -1.93. The smallest absolute Gasteiger partial charge is 0.326 e. The second-order valence-electron chi connectivity index (χ2n) is 6.06. The lowest BCUT2D eigenvalue weighted by Crippen LogP contribution is -2.19. The summed E-state index contributed by atoms with van der Waals surface area (Å²) >= 11 is 5.83. The van der Waals surface area contributed by atoms with Gasteiger partial charge < -0.3 is 5.32 Å². The van der Waals surface area contributed by atoms with Gasteiger partial charge in [0.15, 0.2) is 0 Å². The predicted octanol–water partition coefficient (Wildman–Crippen LogP) is 4.51. The highest BCUT2D eigenvalue weighted by molar-refractivity contribution is 7.92. The van der Waals surface area contributed by atoms with Crippen LogP contribution in [0.4, 0.5) is 24.5 Å². The normalized spacial score (nSPS) is 14.7. The number of sulfonamides is 1. The average Bonchev–Trinajstić information content (AvgIpc) is 3.40. The molecule has 0 aliphatic heterocycles. The SMILES string of the molecule is O=C(Nc1ccc(NS(=O)(=O)c2ccccc2Cl)c(C(F)(F)F)c1)C1CC1. The van der Waals surface area contributed by atoms with Crippen molar-refractivity contribution in [3.05, 3.63) is 53.1 Å². The molecule has 1 amide bonds. The number of carbonyl (C=O) groups excluding carboxylic acids is 1. The first-order valence-electron chi connectivity index (χ1n) is 7.87. The van der Waals surface area contributed by atoms with Crippen molar-refractivity contribution in [1.29, 1.82) is 0 Å². The summed E-state index contributed by atoms with van der Waals surface area (Å²) in [4.78, 5) is 11.4. The van der Waals surface area contributed by atoms with Gasteiger partial charge in [0.1, 0.15) is 4.90 Å². The molecule has 3 rings (SSSR count). The number of hydrogen-bond donors (Lipinski definition) is 2. The highest BCUT2D eigenvalue weighted by atomic mass is 35.5. The molecule has 0 atom stereocenters. The molecule has 1 saturated carbocycles. The molecular formula is C17H14ClF3N2O3S. The van der Waals surface area contributed by atoms with Gasteiger partial charge in [-0.2, -0.15) is 13.2 Å². The van der Waals surface area contributed by atoms with Crippen LogP contribution in [-0.4, -0.2) is 14.3 Å². The summed E-state index contributed by atoms with van der Waals surface area (Å²) in [5.74, 6) is -0.537. The van der Waals surface area contributed by atoms with E-state index in [0.29, 0.717) is 18.9 Å². The van der Waals surface area contributed by atoms with Crippen molar-refractivity contribution in [1.82, 2.24) is 0 Å². The van der Waals surface area contributed by atoms with Crippen molar-refractivity contribution in [2.24, 2.45) is 5.92 Å². The fourth-order valence-corrected chi connectivity index (χ4v) is 4.00. The number of alkyl halides is 3. The number of amides is 1. The molecule has 5 nitrogen and oxygen atoms in total. The molecule has 0 radical (unpaired) electrons. The molecule has 0 heterocycles. The molecule has 2 aromatic rings. The standard InChI is InChI=1S/C17H14ClF3N2O3S/c18-13-3-1-2-4-15(13)27(25,26)23-14-8-7-11(9-12(14)17(19,20)21)22-16(24)10-5-6-10/h1-4,7-10,23H,5-6H2,(H,22,24). The van der Waals surface area contributed by atoms with Crippen molar-refractivity contribution >= 4 is 38.9 Å². The van der Waals surface area contributed by atoms with E-state index in [1.54, 1.807) is 0 Å².